The molecular formula is C14H22N2O4. The van der Waals surface area contributed by atoms with Crippen LogP contribution in [0.3, 0.4) is 0 Å². The Hall–Kier alpha value is -1.63. The maximum absolute atomic E-state index is 9.87. The minimum atomic E-state index is -0.698. The molecule has 1 aliphatic rings. The predicted octanol–water partition coefficient (Wildman–Crippen LogP) is 0.738. The van der Waals surface area contributed by atoms with Crippen LogP contribution in [0.25, 0.3) is 0 Å². The van der Waals surface area contributed by atoms with Crippen molar-refractivity contribution < 1.29 is 19.3 Å². The number of nitrogens with zero attached hydrogens (tertiary/aromatic N) is 1. The van der Waals surface area contributed by atoms with Crippen molar-refractivity contribution in [2.24, 2.45) is 10.7 Å². The zero-order valence-corrected chi connectivity index (χ0v) is 12.2. The van der Waals surface area contributed by atoms with E-state index in [0.717, 1.165) is 5.57 Å². The van der Waals surface area contributed by atoms with Gasteiger partial charge in [-0.05, 0) is 24.6 Å². The van der Waals surface area contributed by atoms with Gasteiger partial charge in [-0.15, -0.1) is 0 Å². The zero-order chi connectivity index (χ0) is 15.1. The van der Waals surface area contributed by atoms with Crippen molar-refractivity contribution in [2.45, 2.75) is 25.2 Å². The Labute approximate surface area is 119 Å². The fourth-order valence-electron chi connectivity index (χ4n) is 2.05. The van der Waals surface area contributed by atoms with E-state index in [4.69, 9.17) is 19.9 Å². The fourth-order valence-corrected chi connectivity index (χ4v) is 2.05. The van der Waals surface area contributed by atoms with Gasteiger partial charge in [-0.25, -0.2) is 4.99 Å². The summed E-state index contributed by atoms with van der Waals surface area (Å²) in [5.74, 6) is 0.625. The largest absolute Gasteiger partial charge is 0.498 e. The highest BCUT2D eigenvalue weighted by Gasteiger charge is 2.30. The Balaban J connectivity index is 3.21. The maximum atomic E-state index is 9.87. The van der Waals surface area contributed by atoms with Gasteiger partial charge < -0.3 is 25.1 Å². The molecule has 0 amide bonds. The van der Waals surface area contributed by atoms with Gasteiger partial charge in [0, 0.05) is 26.0 Å². The summed E-state index contributed by atoms with van der Waals surface area (Å²) in [4.78, 5) is 3.86. The Morgan fingerprint density at radius 1 is 1.40 bits per heavy atom. The van der Waals surface area contributed by atoms with Crippen molar-refractivity contribution in [1.29, 1.82) is 0 Å². The number of hydrogen-bond donors (Lipinski definition) is 2. The van der Waals surface area contributed by atoms with Crippen LogP contribution in [0.1, 0.15) is 6.92 Å². The van der Waals surface area contributed by atoms with Crippen LogP contribution in [0.15, 0.2) is 40.2 Å². The van der Waals surface area contributed by atoms with E-state index in [1.54, 1.807) is 34.3 Å². The number of aliphatic hydroxyl groups is 1. The summed E-state index contributed by atoms with van der Waals surface area (Å²) in [6, 6.07) is 0. The first-order valence-corrected chi connectivity index (χ1v) is 6.23. The molecule has 0 radical (unpaired) electrons. The smallest absolute Gasteiger partial charge is 0.144 e. The van der Waals surface area contributed by atoms with E-state index < -0.39 is 6.10 Å². The summed E-state index contributed by atoms with van der Waals surface area (Å²) in [6.07, 6.45) is 5.02. The van der Waals surface area contributed by atoms with Crippen LogP contribution >= 0.6 is 0 Å². The Bertz CT molecular complexity index is 438. The molecule has 1 rings (SSSR count). The molecule has 0 heterocycles. The minimum absolute atomic E-state index is 0.307. The van der Waals surface area contributed by atoms with E-state index in [2.05, 4.69) is 4.99 Å². The molecule has 0 bridgehead atoms. The lowest BCUT2D eigenvalue weighted by Gasteiger charge is -2.29. The average molecular weight is 282 g/mol. The standard InChI is InChI=1S/C14H22N2O4/c1-9(17)11(7-16-8-15)10-5-12(18-2)14(20-4)13(6-10)19-3/h5-9,12,14,17H,1-4H3,(H2,15,16)/b11-7+. The SMILES string of the molecule is COC1=CC(/C(=C/N=CN)C(C)O)=CC(OC)C1OC. The van der Waals surface area contributed by atoms with Crippen LogP contribution in [-0.4, -0.2) is 51.1 Å². The number of aliphatic hydroxyl groups excluding tert-OH is 1. The number of ether oxygens (including phenoxy) is 3. The summed E-state index contributed by atoms with van der Waals surface area (Å²) in [5.41, 5.74) is 6.62. The fraction of sp³-hybridized carbons (Fsp3) is 0.500. The Morgan fingerprint density at radius 2 is 2.10 bits per heavy atom. The zero-order valence-electron chi connectivity index (χ0n) is 12.2. The number of nitrogens with two attached hydrogens (primary N) is 1. The number of aliphatic imine (C=N–C) groups is 1. The van der Waals surface area contributed by atoms with Crippen LogP contribution in [0.4, 0.5) is 0 Å². The topological polar surface area (TPSA) is 86.3 Å². The van der Waals surface area contributed by atoms with Gasteiger partial charge in [-0.3, -0.25) is 0 Å². The van der Waals surface area contributed by atoms with Crippen LogP contribution in [0.5, 0.6) is 0 Å². The van der Waals surface area contributed by atoms with E-state index in [1.807, 2.05) is 6.08 Å². The molecule has 3 N–H and O–H groups in total. The molecular weight excluding hydrogens is 260 g/mol. The van der Waals surface area contributed by atoms with Gasteiger partial charge in [0.15, 0.2) is 0 Å². The van der Waals surface area contributed by atoms with Crippen molar-refractivity contribution in [2.75, 3.05) is 21.3 Å². The van der Waals surface area contributed by atoms with Crippen LogP contribution in [0.2, 0.25) is 0 Å². The summed E-state index contributed by atoms with van der Waals surface area (Å²) >= 11 is 0. The van der Waals surface area contributed by atoms with E-state index >= 15 is 0 Å². The van der Waals surface area contributed by atoms with Gasteiger partial charge in [0.1, 0.15) is 18.0 Å². The second kappa shape index (κ2) is 7.84. The summed E-state index contributed by atoms with van der Waals surface area (Å²) in [7, 11) is 4.75. The average Bonchev–Trinajstić information content (AvgIpc) is 2.45. The summed E-state index contributed by atoms with van der Waals surface area (Å²) in [6.45, 7) is 1.66. The molecule has 3 atom stereocenters. The summed E-state index contributed by atoms with van der Waals surface area (Å²) < 4.78 is 16.1. The van der Waals surface area contributed by atoms with Crippen molar-refractivity contribution in [3.63, 3.8) is 0 Å². The lowest BCUT2D eigenvalue weighted by atomic mass is 9.93. The van der Waals surface area contributed by atoms with Crippen molar-refractivity contribution in [3.05, 3.63) is 35.3 Å². The third kappa shape index (κ3) is 3.69. The number of hydrogen-bond acceptors (Lipinski definition) is 5. The van der Waals surface area contributed by atoms with Gasteiger partial charge in [-0.1, -0.05) is 0 Å². The van der Waals surface area contributed by atoms with E-state index in [-0.39, 0.29) is 12.2 Å². The molecule has 0 saturated carbocycles. The van der Waals surface area contributed by atoms with E-state index in [9.17, 15) is 5.11 Å². The molecule has 0 aromatic rings. The molecule has 1 aliphatic carbocycles. The molecule has 3 unspecified atom stereocenters. The molecule has 0 saturated heterocycles. The number of methoxy groups -OCH3 is 3. The third-order valence-corrected chi connectivity index (χ3v) is 3.07. The normalized spacial score (nSPS) is 25.4. The van der Waals surface area contributed by atoms with Gasteiger partial charge in [0.05, 0.1) is 19.6 Å². The summed E-state index contributed by atoms with van der Waals surface area (Å²) in [5, 5.41) is 9.87. The molecule has 0 aromatic heterocycles. The number of allylic oxidation sites excluding steroid dienone is 1. The first-order chi connectivity index (χ1) is 9.58. The maximum Gasteiger partial charge on any atom is 0.144 e. The molecule has 0 fully saturated rings. The van der Waals surface area contributed by atoms with Crippen LogP contribution in [-0.2, 0) is 14.2 Å². The lowest BCUT2D eigenvalue weighted by molar-refractivity contribution is -0.0189. The highest BCUT2D eigenvalue weighted by molar-refractivity contribution is 5.54. The second-order valence-corrected chi connectivity index (χ2v) is 4.29. The predicted molar refractivity (Wildman–Crippen MR) is 77.2 cm³/mol. The first-order valence-electron chi connectivity index (χ1n) is 6.23. The second-order valence-electron chi connectivity index (χ2n) is 4.29. The van der Waals surface area contributed by atoms with Crippen LogP contribution in [0, 0.1) is 0 Å². The van der Waals surface area contributed by atoms with Gasteiger partial charge in [0.2, 0.25) is 0 Å². The molecule has 0 aromatic carbocycles. The molecule has 20 heavy (non-hydrogen) atoms. The Kier molecular flexibility index (Phi) is 6.44. The number of rotatable bonds is 6. The van der Waals surface area contributed by atoms with Crippen LogP contribution < -0.4 is 5.73 Å². The van der Waals surface area contributed by atoms with Gasteiger partial charge in [0.25, 0.3) is 0 Å². The van der Waals surface area contributed by atoms with Gasteiger partial charge >= 0.3 is 0 Å². The highest BCUT2D eigenvalue weighted by Crippen LogP contribution is 2.28. The molecule has 0 spiro atoms. The lowest BCUT2D eigenvalue weighted by Crippen LogP contribution is -2.34. The molecule has 6 nitrogen and oxygen atoms in total. The van der Waals surface area contributed by atoms with Crippen molar-refractivity contribution in [1.82, 2.24) is 0 Å². The first kappa shape index (κ1) is 16.4. The van der Waals surface area contributed by atoms with E-state index in [0.29, 0.717) is 11.3 Å². The highest BCUT2D eigenvalue weighted by atomic mass is 16.6. The van der Waals surface area contributed by atoms with E-state index in [1.165, 1.54) is 12.5 Å². The molecule has 0 aliphatic heterocycles. The molecule has 112 valence electrons. The molecule has 6 heteroatoms. The third-order valence-electron chi connectivity index (χ3n) is 3.07. The quantitative estimate of drug-likeness (QED) is 0.554. The van der Waals surface area contributed by atoms with Gasteiger partial charge in [-0.2, -0.15) is 0 Å². The van der Waals surface area contributed by atoms with Crippen molar-refractivity contribution >= 4 is 6.34 Å². The Morgan fingerprint density at radius 3 is 2.55 bits per heavy atom. The van der Waals surface area contributed by atoms with Crippen molar-refractivity contribution in [3.8, 4) is 0 Å². The minimum Gasteiger partial charge on any atom is -0.498 e. The monoisotopic (exact) mass is 282 g/mol.